The Kier molecular flexibility index (Phi) is 3.80. The number of nitrogens with zero attached hydrogens (tertiary/aromatic N) is 2. The van der Waals surface area contributed by atoms with Crippen molar-refractivity contribution in [2.24, 2.45) is 0 Å². The number of carbonyl (C=O) groups excluding carboxylic acids is 2. The Balaban J connectivity index is 1.77. The van der Waals surface area contributed by atoms with Gasteiger partial charge in [0.25, 0.3) is 11.8 Å². The summed E-state index contributed by atoms with van der Waals surface area (Å²) in [6.45, 7) is 1.82. The average Bonchev–Trinajstić information content (AvgIpc) is 2.54. The van der Waals surface area contributed by atoms with E-state index in [2.05, 4.69) is 20.6 Å². The average molecular weight is 313 g/mol. The third-order valence-corrected chi connectivity index (χ3v) is 3.43. The van der Waals surface area contributed by atoms with E-state index in [1.54, 1.807) is 12.1 Å². The Morgan fingerprint density at radius 3 is 2.96 bits per heavy atom. The van der Waals surface area contributed by atoms with Crippen LogP contribution in [0.5, 0.6) is 5.75 Å². The molecule has 1 aromatic heterocycles. The molecule has 0 saturated carbocycles. The van der Waals surface area contributed by atoms with Crippen LogP contribution in [-0.2, 0) is 4.79 Å². The zero-order valence-electron chi connectivity index (χ0n) is 12.4. The van der Waals surface area contributed by atoms with Crippen molar-refractivity contribution < 1.29 is 14.3 Å². The number of nitrogens with one attached hydrogen (secondary N) is 2. The van der Waals surface area contributed by atoms with Gasteiger partial charge in [-0.1, -0.05) is 6.07 Å². The van der Waals surface area contributed by atoms with Crippen molar-refractivity contribution in [2.75, 3.05) is 17.7 Å². The lowest BCUT2D eigenvalue weighted by Crippen LogP contribution is -2.29. The highest BCUT2D eigenvalue weighted by Gasteiger charge is 2.19. The lowest BCUT2D eigenvalue weighted by atomic mass is 10.1. The van der Waals surface area contributed by atoms with Gasteiger partial charge in [-0.2, -0.15) is 0 Å². The van der Waals surface area contributed by atoms with Crippen LogP contribution in [0.25, 0.3) is 0 Å². The van der Waals surface area contributed by atoms with Gasteiger partial charge in [-0.05, 0) is 24.6 Å². The van der Waals surface area contributed by atoms with Gasteiger partial charge >= 0.3 is 0 Å². The quantitative estimate of drug-likeness (QED) is 0.774. The summed E-state index contributed by atoms with van der Waals surface area (Å²) in [5.74, 6) is 0.0492. The molecule has 2 aromatic rings. The zero-order valence-corrected chi connectivity index (χ0v) is 12.4. The molecule has 0 radical (unpaired) electrons. The Bertz CT molecular complexity index is 777. The summed E-state index contributed by atoms with van der Waals surface area (Å²) in [4.78, 5) is 31.3. The minimum atomic E-state index is -0.416. The van der Waals surface area contributed by atoms with Crippen molar-refractivity contribution in [3.8, 4) is 5.75 Å². The van der Waals surface area contributed by atoms with Crippen molar-refractivity contribution in [3.63, 3.8) is 0 Å². The molecule has 0 saturated heterocycles. The number of amides is 2. The van der Waals surface area contributed by atoms with Gasteiger partial charge in [-0.15, -0.1) is 0 Å². The van der Waals surface area contributed by atoms with Crippen LogP contribution in [0, 0.1) is 0 Å². The molecule has 1 aliphatic rings. The van der Waals surface area contributed by atoms with E-state index in [0.29, 0.717) is 11.4 Å². The third kappa shape index (κ3) is 3.05. The first-order valence-electron chi connectivity index (χ1n) is 6.98. The summed E-state index contributed by atoms with van der Waals surface area (Å²) in [6, 6.07) is 5.02. The monoisotopic (exact) mass is 313 g/mol. The first-order valence-corrected chi connectivity index (χ1v) is 6.98. The number of rotatable bonds is 3. The number of hydrogen-bond acceptors (Lipinski definition) is 6. The molecule has 1 aromatic carbocycles. The molecule has 1 atom stereocenters. The molecule has 1 aliphatic heterocycles. The van der Waals surface area contributed by atoms with Crippen molar-refractivity contribution >= 4 is 23.3 Å². The van der Waals surface area contributed by atoms with Crippen LogP contribution < -0.4 is 21.1 Å². The molecular formula is C15H15N5O3. The molecule has 0 fully saturated rings. The molecule has 23 heavy (non-hydrogen) atoms. The van der Waals surface area contributed by atoms with E-state index in [0.717, 1.165) is 5.56 Å². The van der Waals surface area contributed by atoms with Gasteiger partial charge in [0, 0.05) is 12.4 Å². The van der Waals surface area contributed by atoms with Crippen LogP contribution >= 0.6 is 0 Å². The molecule has 0 aliphatic carbocycles. The summed E-state index contributed by atoms with van der Waals surface area (Å²) in [6.07, 6.45) is 2.82. The van der Waals surface area contributed by atoms with Crippen molar-refractivity contribution in [1.82, 2.24) is 15.3 Å². The molecular weight excluding hydrogens is 298 g/mol. The van der Waals surface area contributed by atoms with Crippen LogP contribution in [0.2, 0.25) is 0 Å². The molecule has 4 N–H and O–H groups in total. The topological polar surface area (TPSA) is 119 Å². The molecule has 1 unspecified atom stereocenters. The number of nitrogen functional groups attached to an aromatic ring is 1. The molecule has 0 bridgehead atoms. The number of aromatic nitrogens is 2. The van der Waals surface area contributed by atoms with E-state index in [-0.39, 0.29) is 30.1 Å². The Hall–Kier alpha value is -3.16. The van der Waals surface area contributed by atoms with E-state index in [1.807, 2.05) is 13.0 Å². The number of hydrogen-bond donors (Lipinski definition) is 3. The van der Waals surface area contributed by atoms with E-state index >= 15 is 0 Å². The number of benzene rings is 1. The number of fused-ring (bicyclic) bond motifs is 1. The highest BCUT2D eigenvalue weighted by atomic mass is 16.5. The van der Waals surface area contributed by atoms with Crippen molar-refractivity contribution in [2.45, 2.75) is 13.0 Å². The number of ether oxygens (including phenoxy) is 1. The minimum absolute atomic E-state index is 0.00455. The maximum Gasteiger partial charge on any atom is 0.274 e. The maximum atomic E-state index is 12.2. The minimum Gasteiger partial charge on any atom is -0.482 e. The lowest BCUT2D eigenvalue weighted by Gasteiger charge is -2.21. The summed E-state index contributed by atoms with van der Waals surface area (Å²) >= 11 is 0. The number of carbonyl (C=O) groups is 2. The van der Waals surface area contributed by atoms with Crippen molar-refractivity contribution in [3.05, 3.63) is 41.9 Å². The van der Waals surface area contributed by atoms with Crippen LogP contribution in [0.4, 0.5) is 11.5 Å². The summed E-state index contributed by atoms with van der Waals surface area (Å²) < 4.78 is 5.30. The predicted molar refractivity (Wildman–Crippen MR) is 82.9 cm³/mol. The van der Waals surface area contributed by atoms with Crippen LogP contribution in [0.3, 0.4) is 0 Å². The summed E-state index contributed by atoms with van der Waals surface area (Å²) in [5, 5.41) is 5.53. The fraction of sp³-hybridized carbons (Fsp3) is 0.200. The smallest absolute Gasteiger partial charge is 0.274 e. The second-order valence-electron chi connectivity index (χ2n) is 5.08. The van der Waals surface area contributed by atoms with Gasteiger partial charge in [0.2, 0.25) is 0 Å². The SMILES string of the molecule is CC(NC(=O)c1nccnc1N)c1ccc2c(c1)NC(=O)CO2. The number of anilines is 2. The normalized spacial score (nSPS) is 14.2. The van der Waals surface area contributed by atoms with Crippen LogP contribution in [-0.4, -0.2) is 28.4 Å². The Labute approximate surface area is 132 Å². The third-order valence-electron chi connectivity index (χ3n) is 3.43. The molecule has 2 amide bonds. The Morgan fingerprint density at radius 2 is 2.17 bits per heavy atom. The van der Waals surface area contributed by atoms with Gasteiger partial charge in [-0.3, -0.25) is 9.59 Å². The fourth-order valence-electron chi connectivity index (χ4n) is 2.24. The van der Waals surface area contributed by atoms with E-state index < -0.39 is 5.91 Å². The van der Waals surface area contributed by atoms with Gasteiger partial charge in [0.05, 0.1) is 11.7 Å². The van der Waals surface area contributed by atoms with Crippen molar-refractivity contribution in [1.29, 1.82) is 0 Å². The Morgan fingerprint density at radius 1 is 1.39 bits per heavy atom. The highest BCUT2D eigenvalue weighted by molar-refractivity contribution is 5.97. The van der Waals surface area contributed by atoms with E-state index in [4.69, 9.17) is 10.5 Å². The fourth-order valence-corrected chi connectivity index (χ4v) is 2.24. The van der Waals surface area contributed by atoms with Gasteiger partial charge in [0.1, 0.15) is 5.75 Å². The second-order valence-corrected chi connectivity index (χ2v) is 5.08. The molecule has 0 spiro atoms. The molecule has 118 valence electrons. The molecule has 2 heterocycles. The molecule has 3 rings (SSSR count). The maximum absolute atomic E-state index is 12.2. The van der Waals surface area contributed by atoms with Gasteiger partial charge in [0.15, 0.2) is 18.1 Å². The molecule has 8 nitrogen and oxygen atoms in total. The van der Waals surface area contributed by atoms with E-state index in [1.165, 1.54) is 12.4 Å². The zero-order chi connectivity index (χ0) is 16.4. The summed E-state index contributed by atoms with van der Waals surface area (Å²) in [7, 11) is 0. The first kappa shape index (κ1) is 14.8. The lowest BCUT2D eigenvalue weighted by molar-refractivity contribution is -0.118. The predicted octanol–water partition coefficient (Wildman–Crippen LogP) is 0.881. The van der Waals surface area contributed by atoms with Gasteiger partial charge < -0.3 is 21.1 Å². The molecule has 8 heteroatoms. The standard InChI is InChI=1S/C15H15N5O3/c1-8(19-15(22)13-14(16)18-5-4-17-13)9-2-3-11-10(6-9)20-12(21)7-23-11/h2-6,8H,7H2,1H3,(H2,16,18)(H,19,22)(H,20,21). The van der Waals surface area contributed by atoms with Crippen LogP contribution in [0.1, 0.15) is 29.0 Å². The van der Waals surface area contributed by atoms with Crippen LogP contribution in [0.15, 0.2) is 30.6 Å². The van der Waals surface area contributed by atoms with Gasteiger partial charge in [-0.25, -0.2) is 9.97 Å². The summed E-state index contributed by atoms with van der Waals surface area (Å²) in [5.41, 5.74) is 7.11. The highest BCUT2D eigenvalue weighted by Crippen LogP contribution is 2.30. The second kappa shape index (κ2) is 5.91. The van der Waals surface area contributed by atoms with E-state index in [9.17, 15) is 9.59 Å². The largest absolute Gasteiger partial charge is 0.482 e. The number of nitrogens with two attached hydrogens (primary N) is 1. The first-order chi connectivity index (χ1) is 11.0.